The molecule has 0 saturated carbocycles. The smallest absolute Gasteiger partial charge is 0.196 e. The maximum Gasteiger partial charge on any atom is 0.196 e. The zero-order chi connectivity index (χ0) is 16.5. The van der Waals surface area contributed by atoms with Gasteiger partial charge in [-0.2, -0.15) is 0 Å². The Bertz CT molecular complexity index is 695. The van der Waals surface area contributed by atoms with Gasteiger partial charge in [-0.15, -0.1) is 0 Å². The lowest BCUT2D eigenvalue weighted by molar-refractivity contribution is 0.103. The monoisotopic (exact) mass is 297 g/mol. The van der Waals surface area contributed by atoms with Crippen molar-refractivity contribution < 1.29 is 9.90 Å². The Kier molecular flexibility index (Phi) is 4.27. The molecule has 0 aromatic heterocycles. The van der Waals surface area contributed by atoms with E-state index in [1.54, 1.807) is 24.3 Å². The minimum Gasteiger partial charge on any atom is -0.505 e. The largest absolute Gasteiger partial charge is 0.505 e. The van der Waals surface area contributed by atoms with E-state index >= 15 is 0 Å². The summed E-state index contributed by atoms with van der Waals surface area (Å²) in [6.45, 7) is 8.20. The standard InChI is InChI=1S/C19H23NO2/c1-5-12-6-8-13(9-7-12)17(21)15-10-14(19(2,3)4)11-16(20)18(15)22/h6-11,22H,5,20H2,1-4H3. The molecule has 0 saturated heterocycles. The van der Waals surface area contributed by atoms with Crippen LogP contribution in [0.1, 0.15) is 54.7 Å². The Hall–Kier alpha value is -2.29. The van der Waals surface area contributed by atoms with Gasteiger partial charge in [0.25, 0.3) is 0 Å². The van der Waals surface area contributed by atoms with Gasteiger partial charge in [0, 0.05) is 5.56 Å². The Morgan fingerprint density at radius 2 is 1.73 bits per heavy atom. The Labute approximate surface area is 131 Å². The predicted molar refractivity (Wildman–Crippen MR) is 90.5 cm³/mol. The topological polar surface area (TPSA) is 63.3 Å². The number of anilines is 1. The van der Waals surface area contributed by atoms with Crippen molar-refractivity contribution in [1.29, 1.82) is 0 Å². The van der Waals surface area contributed by atoms with E-state index in [9.17, 15) is 9.90 Å². The molecule has 3 nitrogen and oxygen atoms in total. The van der Waals surface area contributed by atoms with E-state index < -0.39 is 0 Å². The lowest BCUT2D eigenvalue weighted by Gasteiger charge is -2.21. The van der Waals surface area contributed by atoms with Gasteiger partial charge in [-0.1, -0.05) is 52.0 Å². The van der Waals surface area contributed by atoms with Crippen LogP contribution < -0.4 is 5.73 Å². The van der Waals surface area contributed by atoms with Crippen LogP contribution in [0, 0.1) is 0 Å². The molecule has 0 fully saturated rings. The Balaban J connectivity index is 2.50. The van der Waals surface area contributed by atoms with E-state index in [0.717, 1.165) is 12.0 Å². The Morgan fingerprint density at radius 3 is 2.23 bits per heavy atom. The maximum absolute atomic E-state index is 12.7. The Morgan fingerprint density at radius 1 is 1.14 bits per heavy atom. The van der Waals surface area contributed by atoms with Gasteiger partial charge in [-0.3, -0.25) is 4.79 Å². The molecule has 0 aliphatic carbocycles. The number of benzene rings is 2. The number of phenols is 1. The summed E-state index contributed by atoms with van der Waals surface area (Å²) in [4.78, 5) is 12.7. The molecule has 0 amide bonds. The second kappa shape index (κ2) is 5.84. The fraction of sp³-hybridized carbons (Fsp3) is 0.316. The summed E-state index contributed by atoms with van der Waals surface area (Å²) in [5.74, 6) is -0.351. The average molecular weight is 297 g/mol. The quantitative estimate of drug-likeness (QED) is 0.510. The third kappa shape index (κ3) is 3.14. The number of hydrogen-bond acceptors (Lipinski definition) is 3. The van der Waals surface area contributed by atoms with Crippen molar-refractivity contribution in [3.05, 3.63) is 58.7 Å². The molecule has 0 atom stereocenters. The fourth-order valence-corrected chi connectivity index (χ4v) is 2.31. The lowest BCUT2D eigenvalue weighted by Crippen LogP contribution is -2.14. The van der Waals surface area contributed by atoms with Crippen molar-refractivity contribution in [1.82, 2.24) is 0 Å². The average Bonchev–Trinajstić information content (AvgIpc) is 2.48. The molecule has 116 valence electrons. The van der Waals surface area contributed by atoms with Crippen LogP contribution in [0.5, 0.6) is 5.75 Å². The van der Waals surface area contributed by atoms with Gasteiger partial charge in [0.15, 0.2) is 5.78 Å². The number of aryl methyl sites for hydroxylation is 1. The number of phenolic OH excluding ortho intramolecular Hbond substituents is 1. The van der Waals surface area contributed by atoms with Gasteiger partial charge in [0.05, 0.1) is 11.3 Å². The van der Waals surface area contributed by atoms with Crippen LogP contribution in [0.25, 0.3) is 0 Å². The van der Waals surface area contributed by atoms with Crippen LogP contribution in [0.2, 0.25) is 0 Å². The van der Waals surface area contributed by atoms with E-state index in [0.29, 0.717) is 5.56 Å². The van der Waals surface area contributed by atoms with Gasteiger partial charge in [-0.25, -0.2) is 0 Å². The van der Waals surface area contributed by atoms with E-state index in [1.165, 1.54) is 5.56 Å². The predicted octanol–water partition coefficient (Wildman–Crippen LogP) is 4.07. The summed E-state index contributed by atoms with van der Waals surface area (Å²) in [5.41, 5.74) is 8.87. The molecule has 0 heterocycles. The maximum atomic E-state index is 12.7. The molecule has 0 radical (unpaired) electrons. The highest BCUT2D eigenvalue weighted by Crippen LogP contribution is 2.33. The van der Waals surface area contributed by atoms with Crippen molar-refractivity contribution in [3.63, 3.8) is 0 Å². The van der Waals surface area contributed by atoms with Crippen molar-refractivity contribution >= 4 is 11.5 Å². The molecule has 0 spiro atoms. The number of rotatable bonds is 3. The number of carbonyl (C=O) groups is 1. The minimum absolute atomic E-state index is 0.141. The molecule has 2 rings (SSSR count). The first kappa shape index (κ1) is 16.1. The number of aromatic hydroxyl groups is 1. The highest BCUT2D eigenvalue weighted by Gasteiger charge is 2.21. The van der Waals surface area contributed by atoms with Gasteiger partial charge < -0.3 is 10.8 Å². The molecule has 22 heavy (non-hydrogen) atoms. The van der Waals surface area contributed by atoms with Gasteiger partial charge >= 0.3 is 0 Å². The summed E-state index contributed by atoms with van der Waals surface area (Å²) in [6.07, 6.45) is 0.923. The molecule has 0 aliphatic rings. The zero-order valence-electron chi connectivity index (χ0n) is 13.6. The first-order chi connectivity index (χ1) is 10.2. The molecular weight excluding hydrogens is 274 g/mol. The molecule has 0 aliphatic heterocycles. The van der Waals surface area contributed by atoms with Gasteiger partial charge in [0.2, 0.25) is 0 Å². The molecule has 0 bridgehead atoms. The number of carbonyl (C=O) groups excluding carboxylic acids is 1. The number of hydrogen-bond donors (Lipinski definition) is 2. The number of nitrogen functional groups attached to an aromatic ring is 1. The molecule has 2 aromatic carbocycles. The van der Waals surface area contributed by atoms with Crippen molar-refractivity contribution in [2.24, 2.45) is 0 Å². The number of nitrogens with two attached hydrogens (primary N) is 1. The van der Waals surface area contributed by atoms with Crippen LogP contribution >= 0.6 is 0 Å². The van der Waals surface area contributed by atoms with Crippen LogP contribution in [0.3, 0.4) is 0 Å². The molecule has 2 aromatic rings. The van der Waals surface area contributed by atoms with Crippen LogP contribution in [-0.4, -0.2) is 10.9 Å². The van der Waals surface area contributed by atoms with Crippen LogP contribution in [-0.2, 0) is 11.8 Å². The second-order valence-electron chi connectivity index (χ2n) is 6.59. The molecular formula is C19H23NO2. The second-order valence-corrected chi connectivity index (χ2v) is 6.59. The summed E-state index contributed by atoms with van der Waals surface area (Å²) in [6, 6.07) is 10.9. The highest BCUT2D eigenvalue weighted by atomic mass is 16.3. The van der Waals surface area contributed by atoms with Crippen LogP contribution in [0.4, 0.5) is 5.69 Å². The molecule has 3 N–H and O–H groups in total. The molecule has 3 heteroatoms. The first-order valence-electron chi connectivity index (χ1n) is 7.50. The lowest BCUT2D eigenvalue weighted by atomic mass is 9.84. The third-order valence-electron chi connectivity index (χ3n) is 3.87. The summed E-state index contributed by atoms with van der Waals surface area (Å²) < 4.78 is 0. The van der Waals surface area contributed by atoms with E-state index in [1.807, 2.05) is 32.9 Å². The summed E-state index contributed by atoms with van der Waals surface area (Å²) in [7, 11) is 0. The summed E-state index contributed by atoms with van der Waals surface area (Å²) in [5, 5.41) is 10.2. The SMILES string of the molecule is CCc1ccc(C(=O)c2cc(C(C)(C)C)cc(N)c2O)cc1. The normalized spacial score (nSPS) is 11.5. The highest BCUT2D eigenvalue weighted by molar-refractivity contribution is 6.11. The fourth-order valence-electron chi connectivity index (χ4n) is 2.31. The van der Waals surface area contributed by atoms with Crippen LogP contribution in [0.15, 0.2) is 36.4 Å². The van der Waals surface area contributed by atoms with Gasteiger partial charge in [-0.05, 0) is 35.1 Å². The number of ketones is 1. The minimum atomic E-state index is -0.210. The van der Waals surface area contributed by atoms with Crippen molar-refractivity contribution in [2.75, 3.05) is 5.73 Å². The van der Waals surface area contributed by atoms with Gasteiger partial charge in [0.1, 0.15) is 5.75 Å². The van der Waals surface area contributed by atoms with Crippen molar-refractivity contribution in [2.45, 2.75) is 39.5 Å². The third-order valence-corrected chi connectivity index (χ3v) is 3.87. The van der Waals surface area contributed by atoms with E-state index in [-0.39, 0.29) is 28.2 Å². The van der Waals surface area contributed by atoms with E-state index in [4.69, 9.17) is 5.73 Å². The van der Waals surface area contributed by atoms with E-state index in [2.05, 4.69) is 6.92 Å². The van der Waals surface area contributed by atoms with Crippen molar-refractivity contribution in [3.8, 4) is 5.75 Å². The molecule has 0 unspecified atom stereocenters. The first-order valence-corrected chi connectivity index (χ1v) is 7.50. The summed E-state index contributed by atoms with van der Waals surface area (Å²) >= 11 is 0. The zero-order valence-corrected chi connectivity index (χ0v) is 13.6.